The SMILES string of the molecule is COc1cccc(N2CCN(c3cccc(O)c3)C(CCC(N)=O)C2)c1.Cc1cc(F)cc(Cc2ncn(Cc3cccc(O)c3)c2CC(N)=O)c1.Cc1cc(F)cc(N2CCN(c3cccc(O)c3)C(CCC(N)=O)C2)c1.Cc1cccc(Cn2cnc(-c3cc(F)cc(F)c3)c2CC(C)O)c1. The first-order valence-electron chi connectivity index (χ1n) is 34.0. The Bertz CT molecular complexity index is 4470. The number of aryl methyl sites for hydroxylation is 3. The standard InChI is InChI=1S/C20H20F2N2O.C20H20FN3O2.C20H24FN3O2.C20H25N3O3/c1-13-4-3-5-15(6-13)11-24-12-23-20(19(24)7-14(2)25)16-8-17(21)10-18(22)9-16;1-13-5-15(7-16(21)6-13)9-18-19(10-20(22)26)24(12-23-18)11-14-3-2-4-17(25)8-14;1-14-9-15(21)11-18(10-14)23-7-8-24(16-3-2-4-19(25)12-16)17(13-23)5-6-20(22)26;1-26-19-7-3-4-15(13-19)22-10-11-23(16-5-2-6-18(24)12-16)17(14-22)8-9-20(21)25/h3-6,8-10,12,14,25H,7,11H2,1-2H3;2-8,12,25H,9-11H2,1H3,(H2,22,26);2-4,9-12,17,25H,5-8,13H2,1H3,(H2,22,26);2-7,12-13,17,24H,8-11,14H2,1H3,(H2,21,25). The van der Waals surface area contributed by atoms with Crippen LogP contribution < -0.4 is 41.5 Å². The molecular formula is C80H89F4N11O8. The average Bonchev–Trinajstić information content (AvgIpc) is 1.36. The van der Waals surface area contributed by atoms with Crippen molar-refractivity contribution in [1.29, 1.82) is 0 Å². The largest absolute Gasteiger partial charge is 0.508 e. The molecule has 0 spiro atoms. The van der Waals surface area contributed by atoms with Crippen molar-refractivity contribution in [2.75, 3.05) is 66.0 Å². The maximum Gasteiger partial charge on any atom is 0.223 e. The monoisotopic (exact) mass is 1410 g/mol. The maximum atomic E-state index is 13.8. The van der Waals surface area contributed by atoms with Gasteiger partial charge in [-0.3, -0.25) is 14.4 Å². The smallest absolute Gasteiger partial charge is 0.223 e. The fraction of sp³-hybridized carbons (Fsp3) is 0.287. The summed E-state index contributed by atoms with van der Waals surface area (Å²) in [5, 5.41) is 39.1. The molecule has 8 aromatic carbocycles. The number of carbonyl (C=O) groups is 3. The summed E-state index contributed by atoms with van der Waals surface area (Å²) in [6.07, 6.45) is 5.41. The lowest BCUT2D eigenvalue weighted by molar-refractivity contribution is -0.119. The van der Waals surface area contributed by atoms with Gasteiger partial charge in [-0.25, -0.2) is 27.5 Å². The van der Waals surface area contributed by atoms with Gasteiger partial charge in [0.15, 0.2) is 0 Å². The van der Waals surface area contributed by atoms with Gasteiger partial charge in [0.1, 0.15) is 46.3 Å². The number of phenolic OH excluding ortho intramolecular Hbond substituents is 3. The van der Waals surface area contributed by atoms with Crippen LogP contribution in [0.2, 0.25) is 0 Å². The predicted octanol–water partition coefficient (Wildman–Crippen LogP) is 12.0. The van der Waals surface area contributed by atoms with E-state index in [9.17, 15) is 52.4 Å². The number of aliphatic hydroxyl groups excluding tert-OH is 1. The van der Waals surface area contributed by atoms with Gasteiger partial charge < -0.3 is 71.1 Å². The second kappa shape index (κ2) is 35.8. The van der Waals surface area contributed by atoms with Crippen molar-refractivity contribution in [1.82, 2.24) is 19.1 Å². The molecule has 103 heavy (non-hydrogen) atoms. The molecular weight excluding hydrogens is 1320 g/mol. The van der Waals surface area contributed by atoms with Crippen LogP contribution in [0.5, 0.6) is 23.0 Å². The van der Waals surface area contributed by atoms with Gasteiger partial charge in [0.05, 0.1) is 49.4 Å². The zero-order valence-corrected chi connectivity index (χ0v) is 58.5. The number of benzene rings is 8. The van der Waals surface area contributed by atoms with E-state index in [0.717, 1.165) is 99.8 Å². The number of amides is 3. The molecule has 2 aliphatic rings. The fourth-order valence-electron chi connectivity index (χ4n) is 13.1. The predicted molar refractivity (Wildman–Crippen MR) is 393 cm³/mol. The lowest BCUT2D eigenvalue weighted by atomic mass is 10.0. The number of phenols is 3. The Balaban J connectivity index is 0.000000160. The Morgan fingerprint density at radius 2 is 1.01 bits per heavy atom. The van der Waals surface area contributed by atoms with Crippen molar-refractivity contribution in [3.8, 4) is 34.3 Å². The number of aliphatic hydroxyl groups is 1. The van der Waals surface area contributed by atoms with Gasteiger partial charge >= 0.3 is 0 Å². The number of aromatic nitrogens is 4. The zero-order chi connectivity index (χ0) is 73.9. The second-order valence-electron chi connectivity index (χ2n) is 26.1. The third-order valence-corrected chi connectivity index (χ3v) is 17.7. The third kappa shape index (κ3) is 22.3. The van der Waals surface area contributed by atoms with E-state index in [1.807, 2.05) is 103 Å². The molecule has 10 N–H and O–H groups in total. The number of hydrogen-bond acceptors (Lipinski definition) is 14. The summed E-state index contributed by atoms with van der Waals surface area (Å²) in [5.41, 5.74) is 28.6. The quantitative estimate of drug-likeness (QED) is 0.0311. The van der Waals surface area contributed by atoms with E-state index < -0.39 is 23.6 Å². The normalized spacial score (nSPS) is 14.5. The molecule has 12 rings (SSSR count). The lowest BCUT2D eigenvalue weighted by Gasteiger charge is -2.44. The van der Waals surface area contributed by atoms with E-state index in [4.69, 9.17) is 21.9 Å². The first-order valence-corrected chi connectivity index (χ1v) is 34.0. The van der Waals surface area contributed by atoms with Crippen LogP contribution in [-0.2, 0) is 46.7 Å². The van der Waals surface area contributed by atoms with Crippen LogP contribution in [0.1, 0.15) is 83.1 Å². The Kier molecular flexibility index (Phi) is 26.4. The summed E-state index contributed by atoms with van der Waals surface area (Å²) >= 11 is 0. The maximum absolute atomic E-state index is 13.8. The zero-order valence-electron chi connectivity index (χ0n) is 58.5. The van der Waals surface area contributed by atoms with Gasteiger partial charge in [0, 0.05) is 148 Å². The molecule has 4 heterocycles. The summed E-state index contributed by atoms with van der Waals surface area (Å²) in [7, 11) is 1.66. The minimum atomic E-state index is -0.647. The van der Waals surface area contributed by atoms with Crippen molar-refractivity contribution in [3.05, 3.63) is 262 Å². The van der Waals surface area contributed by atoms with Crippen molar-refractivity contribution in [2.45, 2.75) is 104 Å². The lowest BCUT2D eigenvalue weighted by Crippen LogP contribution is -2.53. The summed E-state index contributed by atoms with van der Waals surface area (Å²) in [6, 6.07) is 50.7. The average molecular weight is 1410 g/mol. The first-order chi connectivity index (χ1) is 49.3. The van der Waals surface area contributed by atoms with Gasteiger partial charge in [-0.15, -0.1) is 0 Å². The number of ether oxygens (including phenoxy) is 1. The Labute approximate surface area is 597 Å². The summed E-state index contributed by atoms with van der Waals surface area (Å²) < 4.78 is 63.7. The number of methoxy groups -OCH3 is 1. The van der Waals surface area contributed by atoms with E-state index in [0.29, 0.717) is 80.9 Å². The van der Waals surface area contributed by atoms with E-state index in [1.54, 1.807) is 81.3 Å². The first kappa shape index (κ1) is 75.9. The molecule has 3 unspecified atom stereocenters. The Morgan fingerprint density at radius 1 is 0.515 bits per heavy atom. The molecule has 0 saturated carbocycles. The highest BCUT2D eigenvalue weighted by Gasteiger charge is 2.30. The highest BCUT2D eigenvalue weighted by atomic mass is 19.1. The molecule has 2 aliphatic heterocycles. The summed E-state index contributed by atoms with van der Waals surface area (Å²) in [4.78, 5) is 51.8. The van der Waals surface area contributed by atoms with Crippen molar-refractivity contribution < 1.29 is 57.1 Å². The highest BCUT2D eigenvalue weighted by Crippen LogP contribution is 2.33. The van der Waals surface area contributed by atoms with Crippen molar-refractivity contribution in [3.63, 3.8) is 0 Å². The number of carbonyl (C=O) groups excluding carboxylic acids is 3. The molecule has 2 aromatic heterocycles. The summed E-state index contributed by atoms with van der Waals surface area (Å²) in [5.74, 6) is -1.47. The highest BCUT2D eigenvalue weighted by molar-refractivity contribution is 5.76. The molecule has 0 bridgehead atoms. The van der Waals surface area contributed by atoms with E-state index >= 15 is 0 Å². The number of imidazole rings is 2. The van der Waals surface area contributed by atoms with Gasteiger partial charge in [-0.2, -0.15) is 0 Å². The van der Waals surface area contributed by atoms with Crippen molar-refractivity contribution in [2.24, 2.45) is 17.2 Å². The number of nitrogens with two attached hydrogens (primary N) is 3. The van der Waals surface area contributed by atoms with Crippen LogP contribution in [0.15, 0.2) is 189 Å². The van der Waals surface area contributed by atoms with Crippen molar-refractivity contribution >= 4 is 40.5 Å². The van der Waals surface area contributed by atoms with E-state index in [-0.39, 0.29) is 65.6 Å². The van der Waals surface area contributed by atoms with Gasteiger partial charge in [0.2, 0.25) is 17.7 Å². The summed E-state index contributed by atoms with van der Waals surface area (Å²) in [6.45, 7) is 12.9. The number of nitrogens with zero attached hydrogens (tertiary/aromatic N) is 8. The molecule has 2 saturated heterocycles. The molecule has 0 radical (unpaired) electrons. The molecule has 2 fully saturated rings. The molecule has 3 amide bonds. The molecule has 3 atom stereocenters. The minimum Gasteiger partial charge on any atom is -0.508 e. The van der Waals surface area contributed by atoms with E-state index in [2.05, 4.69) is 41.7 Å². The number of anilines is 4. The van der Waals surface area contributed by atoms with Crippen LogP contribution in [0.25, 0.3) is 11.3 Å². The second-order valence-corrected chi connectivity index (χ2v) is 26.1. The van der Waals surface area contributed by atoms with Gasteiger partial charge in [-0.05, 0) is 159 Å². The van der Waals surface area contributed by atoms with Crippen LogP contribution in [-0.4, -0.2) is 122 Å². The Hall–Kier alpha value is -11.3. The number of rotatable bonds is 22. The molecule has 19 nitrogen and oxygen atoms in total. The fourth-order valence-corrected chi connectivity index (χ4v) is 13.1. The number of halogens is 4. The number of piperazine rings is 2. The molecule has 0 aliphatic carbocycles. The molecule has 540 valence electrons. The van der Waals surface area contributed by atoms with Gasteiger partial charge in [0.25, 0.3) is 0 Å². The molecule has 23 heteroatoms. The topological polar surface area (TPSA) is 268 Å². The number of hydrogen-bond donors (Lipinski definition) is 7. The third-order valence-electron chi connectivity index (χ3n) is 17.7. The van der Waals surface area contributed by atoms with Crippen LogP contribution in [0.4, 0.5) is 40.3 Å². The molecule has 10 aromatic rings. The van der Waals surface area contributed by atoms with Crippen LogP contribution >= 0.6 is 0 Å². The van der Waals surface area contributed by atoms with E-state index in [1.165, 1.54) is 30.3 Å². The number of aromatic hydroxyl groups is 3. The van der Waals surface area contributed by atoms with Crippen LogP contribution in [0.3, 0.4) is 0 Å². The Morgan fingerprint density at radius 3 is 1.54 bits per heavy atom. The number of primary amides is 3. The van der Waals surface area contributed by atoms with Gasteiger partial charge in [-0.1, -0.05) is 66.2 Å². The van der Waals surface area contributed by atoms with Crippen LogP contribution in [0, 0.1) is 44.0 Å². The minimum absolute atomic E-state index is 0.0432.